The molecule has 0 aliphatic carbocycles. The molecule has 148 valence electrons. The Labute approximate surface area is 159 Å². The molecule has 3 N–H and O–H groups in total. The van der Waals surface area contributed by atoms with Crippen molar-refractivity contribution in [1.82, 2.24) is 0 Å². The fraction of sp³-hybridized carbons (Fsp3) is 0.714. The summed E-state index contributed by atoms with van der Waals surface area (Å²) in [4.78, 5) is 15.6. The molecular weight excluding hydrogens is 326 g/mol. The Kier molecular flexibility index (Phi) is 11.1. The summed E-state index contributed by atoms with van der Waals surface area (Å²) in [5, 5.41) is 9.21. The van der Waals surface area contributed by atoms with Crippen LogP contribution in [0.3, 0.4) is 0 Å². The van der Waals surface area contributed by atoms with E-state index in [1.807, 2.05) is 13.1 Å². The summed E-state index contributed by atoms with van der Waals surface area (Å²) in [7, 11) is 0. The minimum atomic E-state index is -0.844. The molecule has 1 heterocycles. The number of nitrogens with two attached hydrogens (primary N) is 1. The fourth-order valence-corrected chi connectivity index (χ4v) is 3.41. The maximum absolute atomic E-state index is 11.2. The minimum Gasteiger partial charge on any atom is -0.477 e. The van der Waals surface area contributed by atoms with E-state index in [4.69, 9.17) is 5.73 Å². The first-order valence-corrected chi connectivity index (χ1v) is 10.3. The lowest BCUT2D eigenvalue weighted by Crippen LogP contribution is -2.59. The molecule has 0 amide bonds. The Morgan fingerprint density at radius 2 is 1.77 bits per heavy atom. The third-order valence-electron chi connectivity index (χ3n) is 5.07. The number of amidine groups is 1. The summed E-state index contributed by atoms with van der Waals surface area (Å²) in [5.74, 6) is 0.0393. The van der Waals surface area contributed by atoms with Gasteiger partial charge in [0.05, 0.1) is 6.20 Å². The van der Waals surface area contributed by atoms with E-state index >= 15 is 0 Å². The van der Waals surface area contributed by atoms with E-state index in [-0.39, 0.29) is 17.2 Å². The highest BCUT2D eigenvalue weighted by Gasteiger charge is 2.40. The van der Waals surface area contributed by atoms with Crippen LogP contribution in [0.15, 0.2) is 29.5 Å². The molecule has 26 heavy (non-hydrogen) atoms. The average molecular weight is 365 g/mol. The number of rotatable bonds is 15. The van der Waals surface area contributed by atoms with Gasteiger partial charge < -0.3 is 5.11 Å². The Balaban J connectivity index is 2.17. The van der Waals surface area contributed by atoms with Gasteiger partial charge in [-0.1, -0.05) is 51.2 Å². The van der Waals surface area contributed by atoms with Crippen LogP contribution in [0.2, 0.25) is 0 Å². The summed E-state index contributed by atoms with van der Waals surface area (Å²) in [6, 6.07) is 0. The number of hydrogen-bond donors (Lipinski definition) is 2. The lowest BCUT2D eigenvalue weighted by atomic mass is 10.1. The molecule has 0 spiro atoms. The Bertz CT molecular complexity index is 497. The minimum absolute atomic E-state index is 0.0317. The van der Waals surface area contributed by atoms with Gasteiger partial charge in [0.25, 0.3) is 0 Å². The molecule has 0 saturated heterocycles. The highest BCUT2D eigenvalue weighted by Crippen LogP contribution is 2.23. The van der Waals surface area contributed by atoms with Crippen LogP contribution in [-0.4, -0.2) is 34.1 Å². The van der Waals surface area contributed by atoms with Crippen molar-refractivity contribution in [3.63, 3.8) is 0 Å². The summed E-state index contributed by atoms with van der Waals surface area (Å²) >= 11 is 0. The predicted octanol–water partition coefficient (Wildman–Crippen LogP) is 4.94. The SMILES string of the molecule is CCCCCC/C=C/CCCCCCC1=NC=C[N+]1(CC(=O)O)C(C)N. The first kappa shape index (κ1) is 22.6. The van der Waals surface area contributed by atoms with Gasteiger partial charge >= 0.3 is 5.97 Å². The number of aliphatic carboxylic acids is 1. The van der Waals surface area contributed by atoms with Gasteiger partial charge in [0.2, 0.25) is 5.84 Å². The molecule has 2 unspecified atom stereocenters. The van der Waals surface area contributed by atoms with Gasteiger partial charge in [-0.2, -0.15) is 0 Å². The highest BCUT2D eigenvalue weighted by atomic mass is 16.4. The highest BCUT2D eigenvalue weighted by molar-refractivity contribution is 5.81. The van der Waals surface area contributed by atoms with E-state index in [2.05, 4.69) is 24.1 Å². The molecule has 5 heteroatoms. The van der Waals surface area contributed by atoms with E-state index in [9.17, 15) is 9.90 Å². The van der Waals surface area contributed by atoms with Crippen molar-refractivity contribution >= 4 is 11.8 Å². The molecule has 1 aliphatic rings. The lowest BCUT2D eigenvalue weighted by molar-refractivity contribution is -0.805. The number of quaternary nitrogens is 1. The van der Waals surface area contributed by atoms with Crippen molar-refractivity contribution in [3.8, 4) is 0 Å². The average Bonchev–Trinajstić information content (AvgIpc) is 2.99. The van der Waals surface area contributed by atoms with Crippen LogP contribution in [0.25, 0.3) is 0 Å². The van der Waals surface area contributed by atoms with Crippen molar-refractivity contribution in [3.05, 3.63) is 24.6 Å². The number of carboxylic acid groups (broad SMARTS) is 1. The standard InChI is InChI=1S/C21H37N3O2/c1-3-4-5-6-7-8-9-10-11-12-13-14-15-20-23-16-17-24(20,19(2)22)18-21(25)26/h8-9,16-17,19H,3-7,10-15,18,22H2,1-2H3/p+1/b9-8+. The third kappa shape index (κ3) is 7.83. The number of nitrogens with zero attached hydrogens (tertiary/aromatic N) is 2. The normalized spacial score (nSPS) is 20.7. The molecule has 0 radical (unpaired) electrons. The molecule has 0 bridgehead atoms. The molecular formula is C21H38N3O2+. The zero-order valence-electron chi connectivity index (χ0n) is 16.7. The summed E-state index contributed by atoms with van der Waals surface area (Å²) < 4.78 is 0.163. The van der Waals surface area contributed by atoms with E-state index in [1.165, 1.54) is 44.9 Å². The van der Waals surface area contributed by atoms with Crippen LogP contribution < -0.4 is 5.73 Å². The Morgan fingerprint density at radius 3 is 2.35 bits per heavy atom. The number of carboxylic acids is 1. The molecule has 2 atom stereocenters. The van der Waals surface area contributed by atoms with Crippen LogP contribution in [0, 0.1) is 0 Å². The number of unbranched alkanes of at least 4 members (excludes halogenated alkanes) is 8. The number of aliphatic imine (C=N–C) groups is 1. The largest absolute Gasteiger partial charge is 0.477 e. The Morgan fingerprint density at radius 1 is 1.15 bits per heavy atom. The smallest absolute Gasteiger partial charge is 0.360 e. The second kappa shape index (κ2) is 12.8. The van der Waals surface area contributed by atoms with Crippen LogP contribution in [0.5, 0.6) is 0 Å². The molecule has 5 nitrogen and oxygen atoms in total. The molecule has 0 saturated carbocycles. The van der Waals surface area contributed by atoms with Gasteiger partial charge in [0, 0.05) is 13.3 Å². The van der Waals surface area contributed by atoms with Crippen molar-refractivity contribution in [1.29, 1.82) is 0 Å². The lowest BCUT2D eigenvalue weighted by Gasteiger charge is -2.34. The van der Waals surface area contributed by atoms with Crippen molar-refractivity contribution in [2.75, 3.05) is 6.54 Å². The maximum Gasteiger partial charge on any atom is 0.360 e. The summed E-state index contributed by atoms with van der Waals surface area (Å²) in [5.41, 5.74) is 6.08. The summed E-state index contributed by atoms with van der Waals surface area (Å²) in [6.07, 6.45) is 21.0. The monoisotopic (exact) mass is 364 g/mol. The number of allylic oxidation sites excluding steroid dienone is 2. The van der Waals surface area contributed by atoms with Crippen LogP contribution in [0.4, 0.5) is 0 Å². The van der Waals surface area contributed by atoms with Gasteiger partial charge in [0.15, 0.2) is 6.54 Å². The van der Waals surface area contributed by atoms with Crippen LogP contribution in [-0.2, 0) is 4.79 Å². The molecule has 0 fully saturated rings. The molecule has 1 rings (SSSR count). The van der Waals surface area contributed by atoms with Gasteiger partial charge in [0.1, 0.15) is 12.4 Å². The molecule has 0 aromatic heterocycles. The maximum atomic E-state index is 11.2. The Hall–Kier alpha value is -1.46. The molecule has 0 aromatic carbocycles. The van der Waals surface area contributed by atoms with Crippen molar-refractivity contribution in [2.24, 2.45) is 10.7 Å². The van der Waals surface area contributed by atoms with E-state index in [1.54, 1.807) is 6.20 Å². The summed E-state index contributed by atoms with van der Waals surface area (Å²) in [6.45, 7) is 4.06. The van der Waals surface area contributed by atoms with E-state index < -0.39 is 5.97 Å². The third-order valence-corrected chi connectivity index (χ3v) is 5.07. The molecule has 1 aliphatic heterocycles. The quantitative estimate of drug-likeness (QED) is 0.245. The fourth-order valence-electron chi connectivity index (χ4n) is 3.41. The van der Waals surface area contributed by atoms with E-state index in [0.29, 0.717) is 0 Å². The first-order valence-electron chi connectivity index (χ1n) is 10.3. The first-order chi connectivity index (χ1) is 12.5. The number of hydrogen-bond acceptors (Lipinski definition) is 3. The van der Waals surface area contributed by atoms with Gasteiger partial charge in [-0.25, -0.2) is 14.3 Å². The number of carbonyl (C=O) groups is 1. The topological polar surface area (TPSA) is 75.7 Å². The van der Waals surface area contributed by atoms with Crippen LogP contribution >= 0.6 is 0 Å². The van der Waals surface area contributed by atoms with Crippen LogP contribution in [0.1, 0.15) is 84.5 Å². The van der Waals surface area contributed by atoms with Crippen molar-refractivity contribution in [2.45, 2.75) is 90.6 Å². The molecule has 0 aromatic rings. The predicted molar refractivity (Wildman–Crippen MR) is 109 cm³/mol. The second-order valence-electron chi connectivity index (χ2n) is 7.34. The van der Waals surface area contributed by atoms with E-state index in [0.717, 1.165) is 31.5 Å². The van der Waals surface area contributed by atoms with Gasteiger partial charge in [-0.3, -0.25) is 5.73 Å². The second-order valence-corrected chi connectivity index (χ2v) is 7.34. The van der Waals surface area contributed by atoms with Crippen molar-refractivity contribution < 1.29 is 14.4 Å². The van der Waals surface area contributed by atoms with Gasteiger partial charge in [-0.05, 0) is 32.1 Å². The van der Waals surface area contributed by atoms with Gasteiger partial charge in [-0.15, -0.1) is 0 Å². The zero-order valence-corrected chi connectivity index (χ0v) is 16.7. The zero-order chi connectivity index (χ0) is 19.3.